The average molecular weight is 488 g/mol. The van der Waals surface area contributed by atoms with Crippen LogP contribution in [0.25, 0.3) is 0 Å². The largest absolute Gasteiger partial charge is 0.486 e. The number of carbonyl (C=O) groups is 3. The highest BCUT2D eigenvalue weighted by Crippen LogP contribution is 2.66. The topological polar surface area (TPSA) is 111 Å². The van der Waals surface area contributed by atoms with Crippen molar-refractivity contribution in [1.82, 2.24) is 10.6 Å². The Labute approximate surface area is 205 Å². The maximum absolute atomic E-state index is 12.6. The molecule has 3 amide bonds. The molecule has 0 aromatic heterocycles. The number of benzene rings is 1. The quantitative estimate of drug-likeness (QED) is 0.556. The number of primary amides is 1. The van der Waals surface area contributed by atoms with Crippen LogP contribution in [-0.2, 0) is 17.8 Å². The third-order valence-corrected chi connectivity index (χ3v) is 10.5. The minimum atomic E-state index is -0.606. The minimum Gasteiger partial charge on any atom is -0.486 e. The van der Waals surface area contributed by atoms with Gasteiger partial charge >= 0.3 is 0 Å². The van der Waals surface area contributed by atoms with Crippen molar-refractivity contribution in [1.29, 1.82) is 0 Å². The molecule has 2 heterocycles. The van der Waals surface area contributed by atoms with Crippen LogP contribution in [0.5, 0.6) is 5.75 Å². The summed E-state index contributed by atoms with van der Waals surface area (Å²) in [5.74, 6) is 0.201. The molecule has 6 atom stereocenters. The van der Waals surface area contributed by atoms with Gasteiger partial charge in [-0.1, -0.05) is 27.7 Å². The highest BCUT2D eigenvalue weighted by atomic mass is 35.5. The van der Waals surface area contributed by atoms with Crippen LogP contribution in [0.2, 0.25) is 0 Å². The molecule has 1 aromatic rings. The monoisotopic (exact) mass is 487 g/mol. The number of alkyl halides is 1. The first-order valence-electron chi connectivity index (χ1n) is 12.2. The molecule has 2 aliphatic heterocycles. The molecule has 2 saturated carbocycles. The molecule has 4 N–H and O–H groups in total. The minimum absolute atomic E-state index is 0.107. The van der Waals surface area contributed by atoms with Gasteiger partial charge in [0.15, 0.2) is 0 Å². The van der Waals surface area contributed by atoms with Crippen LogP contribution in [0.15, 0.2) is 6.07 Å². The molecule has 7 nitrogen and oxygen atoms in total. The van der Waals surface area contributed by atoms with Gasteiger partial charge in [-0.25, -0.2) is 0 Å². The summed E-state index contributed by atoms with van der Waals surface area (Å²) in [5, 5.41) is 5.72. The maximum Gasteiger partial charge on any atom is 0.252 e. The number of ether oxygens (including phenoxy) is 1. The molecule has 2 fully saturated rings. The van der Waals surface area contributed by atoms with Gasteiger partial charge in [0.2, 0.25) is 11.8 Å². The lowest BCUT2D eigenvalue weighted by Gasteiger charge is -2.68. The van der Waals surface area contributed by atoms with E-state index in [1.165, 1.54) is 6.92 Å². The first-order valence-corrected chi connectivity index (χ1v) is 12.6. The summed E-state index contributed by atoms with van der Waals surface area (Å²) in [6.07, 6.45) is 3.33. The van der Waals surface area contributed by atoms with Crippen LogP contribution in [0.1, 0.15) is 85.7 Å². The summed E-state index contributed by atoms with van der Waals surface area (Å²) in [7, 11) is 0. The third-order valence-electron chi connectivity index (χ3n) is 9.60. The molecule has 34 heavy (non-hydrogen) atoms. The number of carbonyl (C=O) groups excluding carboxylic acids is 3. The fourth-order valence-electron chi connectivity index (χ4n) is 7.71. The summed E-state index contributed by atoms with van der Waals surface area (Å²) in [6.45, 7) is 10.8. The van der Waals surface area contributed by atoms with E-state index in [1.807, 2.05) is 0 Å². The number of hydrogen-bond donors (Lipinski definition) is 3. The zero-order valence-corrected chi connectivity index (χ0v) is 21.3. The SMILES string of the molecule is CC(=O)NC1C[C@@]23Oc4c(cc(C(N)=O)c5c4CNC5=O)C[C@]2(C)[C@@H](C)CC[C@H]3C(C)(C)C1Cl. The van der Waals surface area contributed by atoms with Gasteiger partial charge in [-0.3, -0.25) is 14.4 Å². The van der Waals surface area contributed by atoms with Crippen LogP contribution in [0.4, 0.5) is 0 Å². The van der Waals surface area contributed by atoms with Crippen molar-refractivity contribution in [2.45, 2.75) is 83.9 Å². The summed E-state index contributed by atoms with van der Waals surface area (Å²) in [4.78, 5) is 37.0. The van der Waals surface area contributed by atoms with Crippen molar-refractivity contribution in [2.75, 3.05) is 0 Å². The van der Waals surface area contributed by atoms with E-state index < -0.39 is 11.5 Å². The van der Waals surface area contributed by atoms with Crippen molar-refractivity contribution in [3.05, 3.63) is 28.3 Å². The molecule has 5 rings (SSSR count). The highest BCUT2D eigenvalue weighted by Gasteiger charge is 2.69. The molecule has 184 valence electrons. The van der Waals surface area contributed by atoms with E-state index in [-0.39, 0.29) is 45.5 Å². The van der Waals surface area contributed by atoms with Gasteiger partial charge in [0, 0.05) is 42.8 Å². The molecule has 4 aliphatic rings. The number of fused-ring (bicyclic) bond motifs is 3. The predicted molar refractivity (Wildman–Crippen MR) is 129 cm³/mol. The van der Waals surface area contributed by atoms with Gasteiger partial charge in [0.25, 0.3) is 5.91 Å². The van der Waals surface area contributed by atoms with Crippen molar-refractivity contribution in [2.24, 2.45) is 28.4 Å². The zero-order chi connectivity index (χ0) is 24.8. The van der Waals surface area contributed by atoms with Gasteiger partial charge in [-0.15, -0.1) is 11.6 Å². The summed E-state index contributed by atoms with van der Waals surface area (Å²) >= 11 is 7.04. The van der Waals surface area contributed by atoms with Gasteiger partial charge in [0.1, 0.15) is 11.4 Å². The standard InChI is InChI=1S/C26H34ClN3O4/c1-12-6-7-18-24(3,4)21(27)17(30-13(2)31)10-26(18)25(12,5)9-14-8-15(22(28)32)19-16(20(14)34-26)11-29-23(19)33/h8,12,17-18,21H,6-7,9-11H2,1-5H3,(H2,28,32)(H,29,33)(H,30,31)/t12-,17?,18-,21?,25+,26-/m0/s1. The number of nitrogens with one attached hydrogen (secondary N) is 2. The molecule has 1 spiro atoms. The van der Waals surface area contributed by atoms with E-state index in [0.29, 0.717) is 42.2 Å². The summed E-state index contributed by atoms with van der Waals surface area (Å²) in [5.41, 5.74) is 6.78. The zero-order valence-electron chi connectivity index (χ0n) is 20.5. The Balaban J connectivity index is 1.73. The summed E-state index contributed by atoms with van der Waals surface area (Å²) in [6, 6.07) is 1.52. The summed E-state index contributed by atoms with van der Waals surface area (Å²) < 4.78 is 7.17. The second kappa shape index (κ2) is 7.36. The van der Waals surface area contributed by atoms with Crippen LogP contribution >= 0.6 is 11.6 Å². The van der Waals surface area contributed by atoms with Crippen molar-refractivity contribution < 1.29 is 19.1 Å². The van der Waals surface area contributed by atoms with Gasteiger partial charge in [-0.2, -0.15) is 0 Å². The van der Waals surface area contributed by atoms with Crippen LogP contribution in [-0.4, -0.2) is 34.7 Å². The Morgan fingerprint density at radius 3 is 2.62 bits per heavy atom. The Bertz CT molecular complexity index is 1120. The van der Waals surface area contributed by atoms with Crippen LogP contribution in [0.3, 0.4) is 0 Å². The van der Waals surface area contributed by atoms with E-state index >= 15 is 0 Å². The molecule has 2 unspecified atom stereocenters. The maximum atomic E-state index is 12.6. The normalized spacial score (nSPS) is 37.3. The van der Waals surface area contributed by atoms with Gasteiger partial charge in [-0.05, 0) is 42.2 Å². The molecule has 0 bridgehead atoms. The van der Waals surface area contributed by atoms with Gasteiger partial charge in [0.05, 0.1) is 16.5 Å². The average Bonchev–Trinajstić information content (AvgIpc) is 3.12. The van der Waals surface area contributed by atoms with Crippen molar-refractivity contribution in [3.63, 3.8) is 0 Å². The number of rotatable bonds is 2. The molecule has 1 aromatic carbocycles. The Morgan fingerprint density at radius 2 is 1.97 bits per heavy atom. The lowest BCUT2D eigenvalue weighted by molar-refractivity contribution is -0.214. The first-order chi connectivity index (χ1) is 15.8. The Kier molecular flexibility index (Phi) is 5.08. The number of amides is 3. The number of nitrogens with two attached hydrogens (primary N) is 1. The first kappa shape index (κ1) is 23.5. The number of halogens is 1. The highest BCUT2D eigenvalue weighted by molar-refractivity contribution is 6.21. The molecule has 8 heteroatoms. The van der Waals surface area contributed by atoms with Crippen LogP contribution in [0, 0.1) is 22.7 Å². The molecule has 0 saturated heterocycles. The fraction of sp³-hybridized carbons (Fsp3) is 0.654. The van der Waals surface area contributed by atoms with E-state index in [1.54, 1.807) is 6.07 Å². The lowest BCUT2D eigenvalue weighted by Crippen LogP contribution is -2.74. The van der Waals surface area contributed by atoms with Crippen molar-refractivity contribution in [3.8, 4) is 5.75 Å². The van der Waals surface area contributed by atoms with Crippen LogP contribution < -0.4 is 21.1 Å². The van der Waals surface area contributed by atoms with Crippen molar-refractivity contribution >= 4 is 29.3 Å². The molecular weight excluding hydrogens is 454 g/mol. The van der Waals surface area contributed by atoms with E-state index in [0.717, 1.165) is 18.4 Å². The third kappa shape index (κ3) is 2.91. The number of hydrogen-bond acceptors (Lipinski definition) is 4. The molecule has 2 aliphatic carbocycles. The van der Waals surface area contributed by atoms with E-state index in [9.17, 15) is 14.4 Å². The Morgan fingerprint density at radius 1 is 1.26 bits per heavy atom. The predicted octanol–water partition coefficient (Wildman–Crippen LogP) is 3.30. The molecule has 0 radical (unpaired) electrons. The lowest BCUT2D eigenvalue weighted by atomic mass is 9.43. The van der Waals surface area contributed by atoms with Gasteiger partial charge < -0.3 is 21.1 Å². The molecular formula is C26H34ClN3O4. The fourth-order valence-corrected chi connectivity index (χ4v) is 8.01. The Hall–Kier alpha value is -2.28. The van der Waals surface area contributed by atoms with E-state index in [4.69, 9.17) is 22.1 Å². The smallest absolute Gasteiger partial charge is 0.252 e. The van der Waals surface area contributed by atoms with E-state index in [2.05, 4.69) is 38.3 Å². The second-order valence-corrected chi connectivity index (χ2v) is 12.1. The second-order valence-electron chi connectivity index (χ2n) is 11.7.